The first kappa shape index (κ1) is 19.7. The summed E-state index contributed by atoms with van der Waals surface area (Å²) in [7, 11) is 1.60. The maximum atomic E-state index is 12.6. The number of hydrogen-bond donors (Lipinski definition) is 0. The number of hydrogen-bond acceptors (Lipinski definition) is 6. The van der Waals surface area contributed by atoms with Crippen LogP contribution in [0.3, 0.4) is 0 Å². The van der Waals surface area contributed by atoms with E-state index >= 15 is 0 Å². The Balaban J connectivity index is 2.07. The molecule has 0 radical (unpaired) electrons. The minimum Gasteiger partial charge on any atom is -0.494 e. The number of methoxy groups -OCH3 is 1. The second kappa shape index (κ2) is 8.77. The molecule has 0 aliphatic carbocycles. The molecule has 0 bridgehead atoms. The summed E-state index contributed by atoms with van der Waals surface area (Å²) in [6.45, 7) is 3.45. The van der Waals surface area contributed by atoms with Crippen molar-refractivity contribution in [2.75, 3.05) is 20.3 Å². The summed E-state index contributed by atoms with van der Waals surface area (Å²) >= 11 is 1.35. The van der Waals surface area contributed by atoms with Crippen LogP contribution in [0.5, 0.6) is 5.75 Å². The molecule has 0 unspecified atom stereocenters. The van der Waals surface area contributed by atoms with Gasteiger partial charge >= 0.3 is 0 Å². The first-order chi connectivity index (χ1) is 13.5. The Morgan fingerprint density at radius 2 is 2.11 bits per heavy atom. The van der Waals surface area contributed by atoms with Crippen LogP contribution in [0.1, 0.15) is 17.3 Å². The van der Waals surface area contributed by atoms with Gasteiger partial charge in [0, 0.05) is 31.4 Å². The van der Waals surface area contributed by atoms with Gasteiger partial charge < -0.3 is 14.0 Å². The van der Waals surface area contributed by atoms with Crippen molar-refractivity contribution in [2.24, 2.45) is 4.99 Å². The van der Waals surface area contributed by atoms with E-state index in [0.29, 0.717) is 24.6 Å². The van der Waals surface area contributed by atoms with Crippen molar-refractivity contribution in [3.63, 3.8) is 0 Å². The highest BCUT2D eigenvalue weighted by Crippen LogP contribution is 2.23. The number of carbonyl (C=O) groups is 1. The molecule has 3 aromatic rings. The Kier molecular flexibility index (Phi) is 6.17. The molecule has 1 aromatic heterocycles. The Labute approximate surface area is 164 Å². The number of rotatable bonds is 7. The van der Waals surface area contributed by atoms with Gasteiger partial charge in [0.25, 0.3) is 11.6 Å². The molecule has 2 aromatic carbocycles. The minimum atomic E-state index is -0.537. The zero-order valence-corrected chi connectivity index (χ0v) is 16.3. The molecule has 1 heterocycles. The number of fused-ring (bicyclic) bond motifs is 1. The summed E-state index contributed by atoms with van der Waals surface area (Å²) in [5.41, 5.74) is 0.932. The van der Waals surface area contributed by atoms with E-state index in [-0.39, 0.29) is 11.3 Å². The minimum absolute atomic E-state index is 0.147. The molecule has 0 N–H and O–H groups in total. The Bertz CT molecular complexity index is 1090. The van der Waals surface area contributed by atoms with E-state index in [9.17, 15) is 14.9 Å². The number of nitro benzene ring substituents is 1. The molecule has 1 amide bonds. The van der Waals surface area contributed by atoms with Crippen LogP contribution in [0.15, 0.2) is 47.5 Å². The molecule has 9 heteroatoms. The average molecular weight is 401 g/mol. The van der Waals surface area contributed by atoms with E-state index < -0.39 is 10.8 Å². The van der Waals surface area contributed by atoms with E-state index in [0.717, 1.165) is 16.0 Å². The van der Waals surface area contributed by atoms with Crippen molar-refractivity contribution < 1.29 is 19.2 Å². The molecule has 28 heavy (non-hydrogen) atoms. The predicted molar refractivity (Wildman–Crippen MR) is 106 cm³/mol. The number of carbonyl (C=O) groups excluding carboxylic acids is 1. The third kappa shape index (κ3) is 4.26. The molecule has 0 fully saturated rings. The molecule has 146 valence electrons. The first-order valence-electron chi connectivity index (χ1n) is 8.62. The van der Waals surface area contributed by atoms with E-state index in [1.54, 1.807) is 7.11 Å². The number of non-ortho nitro benzene ring substituents is 1. The standard InChI is InChI=1S/C19H19N3O5S/c1-3-27-15-7-8-16-17(12-15)28-19(21(16)9-10-26-2)20-18(23)13-5-4-6-14(11-13)22(24)25/h4-8,11-12H,3,9-10H2,1-2H3. The topological polar surface area (TPSA) is 96.0 Å². The second-order valence-corrected chi connectivity index (χ2v) is 6.83. The molecule has 0 saturated carbocycles. The summed E-state index contributed by atoms with van der Waals surface area (Å²) in [6, 6.07) is 11.2. The summed E-state index contributed by atoms with van der Waals surface area (Å²) in [6.07, 6.45) is 0. The molecule has 0 spiro atoms. The van der Waals surface area contributed by atoms with Gasteiger partial charge in [0.05, 0.1) is 28.4 Å². The zero-order chi connectivity index (χ0) is 20.1. The maximum absolute atomic E-state index is 12.6. The molecular formula is C19H19N3O5S. The van der Waals surface area contributed by atoms with E-state index in [2.05, 4.69) is 4.99 Å². The third-order valence-electron chi connectivity index (χ3n) is 3.99. The van der Waals surface area contributed by atoms with Gasteiger partial charge in [0.2, 0.25) is 0 Å². The Hall–Kier alpha value is -3.04. The smallest absolute Gasteiger partial charge is 0.279 e. The van der Waals surface area contributed by atoms with E-state index in [4.69, 9.17) is 9.47 Å². The lowest BCUT2D eigenvalue weighted by atomic mass is 10.2. The van der Waals surface area contributed by atoms with Crippen LogP contribution in [0.4, 0.5) is 5.69 Å². The van der Waals surface area contributed by atoms with Gasteiger partial charge in [-0.15, -0.1) is 0 Å². The normalized spacial score (nSPS) is 11.7. The lowest BCUT2D eigenvalue weighted by Gasteiger charge is -2.05. The highest BCUT2D eigenvalue weighted by molar-refractivity contribution is 7.16. The van der Waals surface area contributed by atoms with Gasteiger partial charge in [-0.25, -0.2) is 0 Å². The van der Waals surface area contributed by atoms with Crippen LogP contribution >= 0.6 is 11.3 Å². The fourth-order valence-corrected chi connectivity index (χ4v) is 3.78. The molecule has 3 rings (SSSR count). The van der Waals surface area contributed by atoms with Gasteiger partial charge in [-0.2, -0.15) is 4.99 Å². The fraction of sp³-hybridized carbons (Fsp3) is 0.263. The van der Waals surface area contributed by atoms with E-state index in [1.807, 2.05) is 29.7 Å². The quantitative estimate of drug-likeness (QED) is 0.447. The number of thiazole rings is 1. The van der Waals surface area contributed by atoms with Crippen molar-refractivity contribution in [1.82, 2.24) is 4.57 Å². The maximum Gasteiger partial charge on any atom is 0.279 e. The van der Waals surface area contributed by atoms with Gasteiger partial charge in [-0.1, -0.05) is 17.4 Å². The monoisotopic (exact) mass is 401 g/mol. The Morgan fingerprint density at radius 1 is 1.29 bits per heavy atom. The van der Waals surface area contributed by atoms with Crippen LogP contribution < -0.4 is 9.54 Å². The molecule has 0 aliphatic rings. The van der Waals surface area contributed by atoms with Gasteiger partial charge in [-0.05, 0) is 31.2 Å². The fourth-order valence-electron chi connectivity index (χ4n) is 2.70. The summed E-state index contributed by atoms with van der Waals surface area (Å²) < 4.78 is 13.5. The van der Waals surface area contributed by atoms with Crippen LogP contribution in [0.25, 0.3) is 10.2 Å². The summed E-state index contributed by atoms with van der Waals surface area (Å²) in [5.74, 6) is 0.207. The van der Waals surface area contributed by atoms with Crippen molar-refractivity contribution in [2.45, 2.75) is 13.5 Å². The molecule has 8 nitrogen and oxygen atoms in total. The van der Waals surface area contributed by atoms with Crippen molar-refractivity contribution >= 4 is 33.1 Å². The first-order valence-corrected chi connectivity index (χ1v) is 9.43. The molecular weight excluding hydrogens is 382 g/mol. The van der Waals surface area contributed by atoms with Crippen molar-refractivity contribution in [3.05, 3.63) is 62.9 Å². The van der Waals surface area contributed by atoms with Crippen molar-refractivity contribution in [1.29, 1.82) is 0 Å². The van der Waals surface area contributed by atoms with Crippen LogP contribution in [0.2, 0.25) is 0 Å². The van der Waals surface area contributed by atoms with Crippen molar-refractivity contribution in [3.8, 4) is 5.75 Å². The predicted octanol–water partition coefficient (Wildman–Crippen LogP) is 3.40. The Morgan fingerprint density at radius 3 is 2.82 bits per heavy atom. The summed E-state index contributed by atoms with van der Waals surface area (Å²) in [5, 5.41) is 10.9. The zero-order valence-electron chi connectivity index (χ0n) is 15.5. The van der Waals surface area contributed by atoms with Crippen LogP contribution in [-0.2, 0) is 11.3 Å². The van der Waals surface area contributed by atoms with Gasteiger partial charge in [0.1, 0.15) is 5.75 Å². The number of benzene rings is 2. The SMILES string of the molecule is CCOc1ccc2c(c1)sc(=NC(=O)c1cccc([N+](=O)[O-])c1)n2CCOC. The van der Waals surface area contributed by atoms with Gasteiger partial charge in [0.15, 0.2) is 4.80 Å². The number of nitro groups is 1. The summed E-state index contributed by atoms with van der Waals surface area (Å²) in [4.78, 5) is 27.7. The average Bonchev–Trinajstić information content (AvgIpc) is 3.02. The lowest BCUT2D eigenvalue weighted by molar-refractivity contribution is -0.384. The number of amides is 1. The molecule has 0 saturated heterocycles. The lowest BCUT2D eigenvalue weighted by Crippen LogP contribution is -2.19. The second-order valence-electron chi connectivity index (χ2n) is 5.82. The number of nitrogens with zero attached hydrogens (tertiary/aromatic N) is 3. The third-order valence-corrected chi connectivity index (χ3v) is 5.03. The van der Waals surface area contributed by atoms with Crippen LogP contribution in [0, 0.1) is 10.1 Å². The molecule has 0 atom stereocenters. The molecule has 0 aliphatic heterocycles. The van der Waals surface area contributed by atoms with Crippen LogP contribution in [-0.4, -0.2) is 35.7 Å². The number of ether oxygens (including phenoxy) is 2. The highest BCUT2D eigenvalue weighted by Gasteiger charge is 2.13. The highest BCUT2D eigenvalue weighted by atomic mass is 32.1. The number of aromatic nitrogens is 1. The van der Waals surface area contributed by atoms with E-state index in [1.165, 1.54) is 35.6 Å². The largest absolute Gasteiger partial charge is 0.494 e. The van der Waals surface area contributed by atoms with Gasteiger partial charge in [-0.3, -0.25) is 14.9 Å².